The van der Waals surface area contributed by atoms with Crippen LogP contribution in [0.3, 0.4) is 0 Å². The minimum atomic E-state index is -1.21. The molecule has 2 heterocycles. The fourth-order valence-corrected chi connectivity index (χ4v) is 2.16. The number of ether oxygens (including phenoxy) is 1. The number of primary amides is 1. The van der Waals surface area contributed by atoms with Crippen LogP contribution in [0, 0.1) is 0 Å². The zero-order chi connectivity index (χ0) is 14.7. The van der Waals surface area contributed by atoms with Gasteiger partial charge in [-0.1, -0.05) is 6.58 Å². The van der Waals surface area contributed by atoms with Crippen LogP contribution < -0.4 is 5.73 Å². The number of amides is 1. The summed E-state index contributed by atoms with van der Waals surface area (Å²) in [7, 11) is 0.0779. The minimum Gasteiger partial charge on any atom is -0.387 e. The first-order chi connectivity index (χ1) is 9.54. The van der Waals surface area contributed by atoms with Gasteiger partial charge >= 0.3 is 0 Å². The van der Waals surface area contributed by atoms with E-state index in [1.54, 1.807) is 5.82 Å². The molecule has 1 saturated heterocycles. The molecule has 0 aliphatic carbocycles. The molecule has 10 heteroatoms. The number of carbonyl (C=O) groups excluding carboxylic acids is 1. The van der Waals surface area contributed by atoms with Crippen LogP contribution in [-0.2, 0) is 9.26 Å². The van der Waals surface area contributed by atoms with E-state index in [1.165, 1.54) is 6.33 Å². The van der Waals surface area contributed by atoms with Crippen LogP contribution in [0.15, 0.2) is 18.7 Å². The molecule has 1 aromatic rings. The van der Waals surface area contributed by atoms with Gasteiger partial charge in [0.1, 0.15) is 24.6 Å². The standard InChI is InChI=1S/C10H15N4O5P/c1-2-20-18-3-5-6(15)7(16)10(19-5)14-4-12-9(13-14)8(11)17/h2,4-7,10,15-16,20H,1,3H2,(H2,11,17)/t5-,6-,7-,10-/m1/s1. The molecule has 0 radical (unpaired) electrons. The van der Waals surface area contributed by atoms with Gasteiger partial charge in [-0.3, -0.25) is 4.79 Å². The molecule has 1 aliphatic rings. The van der Waals surface area contributed by atoms with Crippen molar-refractivity contribution in [3.8, 4) is 0 Å². The van der Waals surface area contributed by atoms with Gasteiger partial charge < -0.3 is 25.2 Å². The maximum Gasteiger partial charge on any atom is 0.288 e. The highest BCUT2D eigenvalue weighted by atomic mass is 31.1. The predicted molar refractivity (Wildman–Crippen MR) is 68.9 cm³/mol. The van der Waals surface area contributed by atoms with Crippen molar-refractivity contribution in [3.63, 3.8) is 0 Å². The molecule has 1 aromatic heterocycles. The number of hydrogen-bond donors (Lipinski definition) is 3. The monoisotopic (exact) mass is 302 g/mol. The van der Waals surface area contributed by atoms with Crippen molar-refractivity contribution in [2.24, 2.45) is 5.73 Å². The minimum absolute atomic E-state index is 0.0779. The first kappa shape index (κ1) is 15.0. The van der Waals surface area contributed by atoms with Gasteiger partial charge in [-0.2, -0.15) is 0 Å². The lowest BCUT2D eigenvalue weighted by molar-refractivity contribution is -0.0542. The fourth-order valence-electron chi connectivity index (χ4n) is 1.78. The van der Waals surface area contributed by atoms with Crippen LogP contribution in [0.2, 0.25) is 0 Å². The van der Waals surface area contributed by atoms with Gasteiger partial charge in [-0.05, 0) is 5.82 Å². The molecule has 2 rings (SSSR count). The Hall–Kier alpha value is -1.38. The molecule has 5 atom stereocenters. The van der Waals surface area contributed by atoms with E-state index in [-0.39, 0.29) is 21.2 Å². The van der Waals surface area contributed by atoms with Gasteiger partial charge in [0.05, 0.1) is 6.61 Å². The Morgan fingerprint density at radius 1 is 1.65 bits per heavy atom. The second-order valence-corrected chi connectivity index (χ2v) is 5.02. The quantitative estimate of drug-likeness (QED) is 0.441. The summed E-state index contributed by atoms with van der Waals surface area (Å²) in [4.78, 5) is 14.6. The Labute approximate surface area is 116 Å². The van der Waals surface area contributed by atoms with E-state index in [1.807, 2.05) is 0 Å². The Morgan fingerprint density at radius 3 is 3.00 bits per heavy atom. The van der Waals surface area contributed by atoms with E-state index in [2.05, 4.69) is 16.7 Å². The summed E-state index contributed by atoms with van der Waals surface area (Å²) in [5.74, 6) is 0.609. The van der Waals surface area contributed by atoms with Gasteiger partial charge in [0.25, 0.3) is 5.91 Å². The number of aliphatic hydroxyl groups is 2. The Balaban J connectivity index is 2.04. The predicted octanol–water partition coefficient (Wildman–Crippen LogP) is -1.25. The molecule has 0 spiro atoms. The Kier molecular flexibility index (Phi) is 4.79. The van der Waals surface area contributed by atoms with Gasteiger partial charge in [0, 0.05) is 8.81 Å². The molecule has 4 N–H and O–H groups in total. The molecule has 9 nitrogen and oxygen atoms in total. The molecular weight excluding hydrogens is 287 g/mol. The van der Waals surface area contributed by atoms with Crippen LogP contribution in [0.25, 0.3) is 0 Å². The highest BCUT2D eigenvalue weighted by molar-refractivity contribution is 7.36. The highest BCUT2D eigenvalue weighted by Gasteiger charge is 2.44. The molecule has 20 heavy (non-hydrogen) atoms. The summed E-state index contributed by atoms with van der Waals surface area (Å²) in [6, 6.07) is 0. The maximum atomic E-state index is 10.9. The van der Waals surface area contributed by atoms with Gasteiger partial charge in [-0.25, -0.2) is 9.67 Å². The van der Waals surface area contributed by atoms with Crippen LogP contribution >= 0.6 is 8.81 Å². The van der Waals surface area contributed by atoms with E-state index in [4.69, 9.17) is 15.0 Å². The number of hydrogen-bond acceptors (Lipinski definition) is 7. The summed E-state index contributed by atoms with van der Waals surface area (Å²) >= 11 is 0. The third-order valence-electron chi connectivity index (χ3n) is 2.74. The lowest BCUT2D eigenvalue weighted by Gasteiger charge is -2.13. The van der Waals surface area contributed by atoms with E-state index in [0.29, 0.717) is 0 Å². The number of rotatable bonds is 6. The number of nitrogens with zero attached hydrogens (tertiary/aromatic N) is 3. The Bertz CT molecular complexity index is 496. The summed E-state index contributed by atoms with van der Waals surface area (Å²) in [5, 5.41) is 23.6. The smallest absolute Gasteiger partial charge is 0.288 e. The molecule has 0 bridgehead atoms. The largest absolute Gasteiger partial charge is 0.387 e. The van der Waals surface area contributed by atoms with Crippen molar-refractivity contribution < 1.29 is 24.3 Å². The van der Waals surface area contributed by atoms with E-state index >= 15 is 0 Å². The first-order valence-corrected chi connectivity index (χ1v) is 6.74. The van der Waals surface area contributed by atoms with E-state index < -0.39 is 30.4 Å². The molecular formula is C10H15N4O5P. The van der Waals surface area contributed by atoms with E-state index in [9.17, 15) is 15.0 Å². The zero-order valence-corrected chi connectivity index (χ0v) is 11.4. The normalized spacial score (nSPS) is 30.1. The number of aliphatic hydroxyl groups excluding tert-OH is 2. The van der Waals surface area contributed by atoms with Crippen LogP contribution in [0.4, 0.5) is 0 Å². The summed E-state index contributed by atoms with van der Waals surface area (Å²) in [5.41, 5.74) is 5.04. The average molecular weight is 302 g/mol. The lowest BCUT2D eigenvalue weighted by Crippen LogP contribution is -2.33. The van der Waals surface area contributed by atoms with Crippen LogP contribution in [0.1, 0.15) is 16.8 Å². The lowest BCUT2D eigenvalue weighted by atomic mass is 10.1. The second-order valence-electron chi connectivity index (χ2n) is 4.09. The topological polar surface area (TPSA) is 133 Å². The molecule has 1 fully saturated rings. The number of carbonyl (C=O) groups is 1. The van der Waals surface area contributed by atoms with Crippen molar-refractivity contribution in [1.29, 1.82) is 0 Å². The van der Waals surface area contributed by atoms with Crippen LogP contribution in [0.5, 0.6) is 0 Å². The summed E-state index contributed by atoms with van der Waals surface area (Å²) in [6.07, 6.45) is -2.79. The van der Waals surface area contributed by atoms with Crippen molar-refractivity contribution in [1.82, 2.24) is 14.8 Å². The van der Waals surface area contributed by atoms with Crippen LogP contribution in [-0.4, -0.2) is 55.8 Å². The number of aromatic nitrogens is 3. The Morgan fingerprint density at radius 2 is 2.40 bits per heavy atom. The molecule has 1 amide bonds. The van der Waals surface area contributed by atoms with Crippen molar-refractivity contribution in [2.45, 2.75) is 24.5 Å². The molecule has 1 aliphatic heterocycles. The number of nitrogens with two attached hydrogens (primary N) is 1. The van der Waals surface area contributed by atoms with Gasteiger partial charge in [0.2, 0.25) is 5.82 Å². The van der Waals surface area contributed by atoms with Crippen molar-refractivity contribution >= 4 is 14.7 Å². The maximum absolute atomic E-state index is 10.9. The van der Waals surface area contributed by atoms with Gasteiger partial charge in [0.15, 0.2) is 6.23 Å². The third kappa shape index (κ3) is 3.02. The molecule has 0 aromatic carbocycles. The van der Waals surface area contributed by atoms with Crippen molar-refractivity contribution in [3.05, 3.63) is 24.5 Å². The molecule has 0 saturated carbocycles. The first-order valence-electron chi connectivity index (χ1n) is 5.75. The van der Waals surface area contributed by atoms with E-state index in [0.717, 1.165) is 4.68 Å². The second kappa shape index (κ2) is 6.38. The van der Waals surface area contributed by atoms with Gasteiger partial charge in [-0.15, -0.1) is 5.10 Å². The summed E-state index contributed by atoms with van der Waals surface area (Å²) in [6.45, 7) is 3.62. The average Bonchev–Trinajstić information content (AvgIpc) is 2.99. The molecule has 110 valence electrons. The zero-order valence-electron chi connectivity index (χ0n) is 10.4. The SMILES string of the molecule is C=CPOC[C@H]1O[C@@H](n2cnc(C(N)=O)n2)[C@H](O)[C@@H]1O. The fraction of sp³-hybridized carbons (Fsp3) is 0.500. The highest BCUT2D eigenvalue weighted by Crippen LogP contribution is 2.30. The molecule has 1 unspecified atom stereocenters. The van der Waals surface area contributed by atoms with Crippen molar-refractivity contribution in [2.75, 3.05) is 6.61 Å². The summed E-state index contributed by atoms with van der Waals surface area (Å²) < 4.78 is 11.8. The third-order valence-corrected chi connectivity index (χ3v) is 3.24.